The van der Waals surface area contributed by atoms with Crippen LogP contribution < -0.4 is 11.1 Å². The molecule has 0 aliphatic heterocycles. The van der Waals surface area contributed by atoms with Crippen LogP contribution in [0, 0.1) is 6.92 Å². The van der Waals surface area contributed by atoms with Crippen molar-refractivity contribution in [1.82, 2.24) is 5.32 Å². The predicted molar refractivity (Wildman–Crippen MR) is 74.9 cm³/mol. The van der Waals surface area contributed by atoms with Crippen molar-refractivity contribution in [2.24, 2.45) is 0 Å². The molecule has 4 nitrogen and oxygen atoms in total. The van der Waals surface area contributed by atoms with E-state index < -0.39 is 0 Å². The number of carbonyl (C=O) groups is 1. The molecular weight excluding hydrogens is 240 g/mol. The fourth-order valence-corrected chi connectivity index (χ4v) is 1.83. The average molecular weight is 256 g/mol. The summed E-state index contributed by atoms with van der Waals surface area (Å²) in [7, 11) is 0. The third-order valence-electron chi connectivity index (χ3n) is 3.08. The van der Waals surface area contributed by atoms with E-state index in [1.54, 1.807) is 18.2 Å². The molecule has 0 heterocycles. The van der Waals surface area contributed by atoms with Crippen LogP contribution in [0.25, 0.3) is 0 Å². The van der Waals surface area contributed by atoms with Crippen molar-refractivity contribution in [3.05, 3.63) is 59.2 Å². The van der Waals surface area contributed by atoms with Crippen LogP contribution in [0.2, 0.25) is 0 Å². The summed E-state index contributed by atoms with van der Waals surface area (Å²) in [4.78, 5) is 11.9. The smallest absolute Gasteiger partial charge is 0.255 e. The maximum Gasteiger partial charge on any atom is 0.255 e. The predicted octanol–water partition coefficient (Wildman–Crippen LogP) is 2.21. The van der Waals surface area contributed by atoms with E-state index in [4.69, 9.17) is 5.73 Å². The fraction of sp³-hybridized carbons (Fsp3) is 0.133. The molecule has 0 unspecified atom stereocenters. The van der Waals surface area contributed by atoms with Crippen molar-refractivity contribution in [2.75, 3.05) is 5.73 Å². The minimum absolute atomic E-state index is 0.0238. The van der Waals surface area contributed by atoms with Gasteiger partial charge in [0.05, 0.1) is 5.56 Å². The van der Waals surface area contributed by atoms with Crippen molar-refractivity contribution < 1.29 is 9.90 Å². The summed E-state index contributed by atoms with van der Waals surface area (Å²) >= 11 is 0. The lowest BCUT2D eigenvalue weighted by Gasteiger charge is -2.10. The van der Waals surface area contributed by atoms with Crippen LogP contribution in [-0.4, -0.2) is 11.0 Å². The molecule has 4 N–H and O–H groups in total. The van der Waals surface area contributed by atoms with Gasteiger partial charge >= 0.3 is 0 Å². The van der Waals surface area contributed by atoms with Crippen LogP contribution in [0.1, 0.15) is 21.5 Å². The van der Waals surface area contributed by atoms with Crippen molar-refractivity contribution in [3.8, 4) is 5.75 Å². The first-order chi connectivity index (χ1) is 9.09. The van der Waals surface area contributed by atoms with Gasteiger partial charge in [-0.2, -0.15) is 0 Å². The Morgan fingerprint density at radius 3 is 2.68 bits per heavy atom. The second kappa shape index (κ2) is 5.44. The van der Waals surface area contributed by atoms with Gasteiger partial charge in [-0.15, -0.1) is 0 Å². The van der Waals surface area contributed by atoms with Crippen LogP contribution >= 0.6 is 0 Å². The Kier molecular flexibility index (Phi) is 3.71. The SMILES string of the molecule is Cc1c(N)cccc1CNC(=O)c1ccccc1O. The maximum atomic E-state index is 11.9. The molecule has 2 aromatic rings. The molecule has 19 heavy (non-hydrogen) atoms. The lowest BCUT2D eigenvalue weighted by atomic mass is 10.1. The van der Waals surface area contributed by atoms with Crippen molar-refractivity contribution in [2.45, 2.75) is 13.5 Å². The quantitative estimate of drug-likeness (QED) is 0.737. The molecule has 0 aliphatic rings. The normalized spacial score (nSPS) is 10.2. The molecule has 0 radical (unpaired) electrons. The molecule has 4 heteroatoms. The van der Waals surface area contributed by atoms with Gasteiger partial charge in [0.1, 0.15) is 5.75 Å². The Labute approximate surface area is 111 Å². The van der Waals surface area contributed by atoms with E-state index in [9.17, 15) is 9.90 Å². The molecule has 0 bridgehead atoms. The summed E-state index contributed by atoms with van der Waals surface area (Å²) in [5.74, 6) is -0.329. The number of carbonyl (C=O) groups excluding carboxylic acids is 1. The van der Waals surface area contributed by atoms with Gasteiger partial charge in [-0.05, 0) is 36.2 Å². The number of nitrogens with two attached hydrogens (primary N) is 1. The molecule has 0 fully saturated rings. The molecule has 2 rings (SSSR count). The van der Waals surface area contributed by atoms with Crippen molar-refractivity contribution in [3.63, 3.8) is 0 Å². The van der Waals surface area contributed by atoms with Crippen LogP contribution in [-0.2, 0) is 6.54 Å². The number of para-hydroxylation sites is 1. The van der Waals surface area contributed by atoms with Gasteiger partial charge in [-0.1, -0.05) is 24.3 Å². The minimum atomic E-state index is -0.306. The number of aromatic hydroxyl groups is 1. The first kappa shape index (κ1) is 13.0. The Bertz CT molecular complexity index is 609. The third kappa shape index (κ3) is 2.85. The van der Waals surface area contributed by atoms with E-state index in [0.717, 1.165) is 11.1 Å². The lowest BCUT2D eigenvalue weighted by Crippen LogP contribution is -2.23. The number of anilines is 1. The molecular formula is C15H16N2O2. The number of nitrogens with one attached hydrogen (secondary N) is 1. The van der Waals surface area contributed by atoms with Gasteiger partial charge in [0, 0.05) is 12.2 Å². The average Bonchev–Trinajstić information content (AvgIpc) is 2.40. The maximum absolute atomic E-state index is 11.9. The Morgan fingerprint density at radius 1 is 1.21 bits per heavy atom. The van der Waals surface area contributed by atoms with Gasteiger partial charge in [0.2, 0.25) is 0 Å². The number of nitrogen functional groups attached to an aromatic ring is 1. The molecule has 1 amide bonds. The number of phenols is 1. The lowest BCUT2D eigenvalue weighted by molar-refractivity contribution is 0.0948. The molecule has 0 aromatic heterocycles. The van der Waals surface area contributed by atoms with E-state index in [0.29, 0.717) is 12.2 Å². The molecule has 0 saturated carbocycles. The van der Waals surface area contributed by atoms with Crippen LogP contribution in [0.15, 0.2) is 42.5 Å². The highest BCUT2D eigenvalue weighted by atomic mass is 16.3. The summed E-state index contributed by atoms with van der Waals surface area (Å²) in [6, 6.07) is 12.0. The van der Waals surface area contributed by atoms with Crippen LogP contribution in [0.4, 0.5) is 5.69 Å². The second-order valence-electron chi connectivity index (χ2n) is 4.33. The fourth-order valence-electron chi connectivity index (χ4n) is 1.83. The Balaban J connectivity index is 2.09. The van der Waals surface area contributed by atoms with Crippen molar-refractivity contribution in [1.29, 1.82) is 0 Å². The number of hydrogen-bond acceptors (Lipinski definition) is 3. The second-order valence-corrected chi connectivity index (χ2v) is 4.33. The first-order valence-electron chi connectivity index (χ1n) is 5.99. The zero-order valence-electron chi connectivity index (χ0n) is 10.7. The van der Waals surface area contributed by atoms with E-state index >= 15 is 0 Å². The van der Waals surface area contributed by atoms with E-state index in [1.165, 1.54) is 6.07 Å². The standard InChI is InChI=1S/C15H16N2O2/c1-10-11(5-4-7-13(10)16)9-17-15(19)12-6-2-3-8-14(12)18/h2-8,18H,9,16H2,1H3,(H,17,19). The largest absolute Gasteiger partial charge is 0.507 e. The Hall–Kier alpha value is -2.49. The number of hydrogen-bond donors (Lipinski definition) is 3. The number of phenolic OH excluding ortho intramolecular Hbond substituents is 1. The van der Waals surface area contributed by atoms with E-state index in [-0.39, 0.29) is 17.2 Å². The highest BCUT2D eigenvalue weighted by molar-refractivity contribution is 5.96. The minimum Gasteiger partial charge on any atom is -0.507 e. The van der Waals surface area contributed by atoms with Gasteiger partial charge in [-0.3, -0.25) is 4.79 Å². The van der Waals surface area contributed by atoms with Gasteiger partial charge in [0.15, 0.2) is 0 Å². The van der Waals surface area contributed by atoms with Crippen molar-refractivity contribution >= 4 is 11.6 Å². The molecule has 0 saturated heterocycles. The first-order valence-corrected chi connectivity index (χ1v) is 5.99. The molecule has 2 aromatic carbocycles. The highest BCUT2D eigenvalue weighted by Gasteiger charge is 2.10. The van der Waals surface area contributed by atoms with E-state index in [1.807, 2.05) is 25.1 Å². The topological polar surface area (TPSA) is 75.3 Å². The Morgan fingerprint density at radius 2 is 1.95 bits per heavy atom. The zero-order valence-corrected chi connectivity index (χ0v) is 10.7. The molecule has 98 valence electrons. The summed E-state index contributed by atoms with van der Waals surface area (Å²) < 4.78 is 0. The van der Waals surface area contributed by atoms with Crippen LogP contribution in [0.5, 0.6) is 5.75 Å². The monoisotopic (exact) mass is 256 g/mol. The highest BCUT2D eigenvalue weighted by Crippen LogP contribution is 2.17. The van der Waals surface area contributed by atoms with E-state index in [2.05, 4.69) is 5.32 Å². The number of rotatable bonds is 3. The summed E-state index contributed by atoms with van der Waals surface area (Å²) in [5, 5.41) is 12.4. The van der Waals surface area contributed by atoms with Crippen LogP contribution in [0.3, 0.4) is 0 Å². The summed E-state index contributed by atoms with van der Waals surface area (Å²) in [6.07, 6.45) is 0. The summed E-state index contributed by atoms with van der Waals surface area (Å²) in [6.45, 7) is 2.29. The van der Waals surface area contributed by atoms with Gasteiger partial charge in [-0.25, -0.2) is 0 Å². The molecule has 0 atom stereocenters. The zero-order chi connectivity index (χ0) is 13.8. The number of amides is 1. The third-order valence-corrected chi connectivity index (χ3v) is 3.08. The summed E-state index contributed by atoms with van der Waals surface area (Å²) in [5.41, 5.74) is 8.70. The van der Waals surface area contributed by atoms with Gasteiger partial charge in [0.25, 0.3) is 5.91 Å². The molecule has 0 aliphatic carbocycles. The number of benzene rings is 2. The van der Waals surface area contributed by atoms with Gasteiger partial charge < -0.3 is 16.2 Å². The molecule has 0 spiro atoms.